The predicted molar refractivity (Wildman–Crippen MR) is 61.4 cm³/mol. The summed E-state index contributed by atoms with van der Waals surface area (Å²) < 4.78 is 5.08. The van der Waals surface area contributed by atoms with Crippen LogP contribution in [-0.2, 0) is 4.74 Å². The molecule has 0 bridgehead atoms. The van der Waals surface area contributed by atoms with Crippen LogP contribution in [0.3, 0.4) is 0 Å². The maximum Gasteiger partial charge on any atom is 0.0589 e. The summed E-state index contributed by atoms with van der Waals surface area (Å²) in [4.78, 5) is 2.40. The first-order valence-corrected chi connectivity index (χ1v) is 5.34. The highest BCUT2D eigenvalue weighted by molar-refractivity contribution is 4.86. The molecule has 0 aliphatic carbocycles. The SMILES string of the molecule is CCC(C)N(CC=CCN)CCOC. The Morgan fingerprint density at radius 1 is 1.43 bits per heavy atom. The van der Waals surface area contributed by atoms with Gasteiger partial charge in [-0.15, -0.1) is 0 Å². The molecule has 84 valence electrons. The summed E-state index contributed by atoms with van der Waals surface area (Å²) >= 11 is 0. The summed E-state index contributed by atoms with van der Waals surface area (Å²) in [7, 11) is 1.74. The van der Waals surface area contributed by atoms with Gasteiger partial charge >= 0.3 is 0 Å². The van der Waals surface area contributed by atoms with Gasteiger partial charge in [-0.1, -0.05) is 19.1 Å². The van der Waals surface area contributed by atoms with Crippen molar-refractivity contribution in [1.82, 2.24) is 4.90 Å². The van der Waals surface area contributed by atoms with E-state index in [0.29, 0.717) is 12.6 Å². The van der Waals surface area contributed by atoms with Crippen LogP contribution >= 0.6 is 0 Å². The number of hydrogen-bond acceptors (Lipinski definition) is 3. The average Bonchev–Trinajstić information content (AvgIpc) is 2.22. The molecule has 3 heteroatoms. The second-order valence-electron chi connectivity index (χ2n) is 3.45. The molecular weight excluding hydrogens is 176 g/mol. The molecule has 0 aliphatic rings. The van der Waals surface area contributed by atoms with E-state index < -0.39 is 0 Å². The van der Waals surface area contributed by atoms with Gasteiger partial charge in [0.2, 0.25) is 0 Å². The van der Waals surface area contributed by atoms with E-state index in [1.165, 1.54) is 6.42 Å². The van der Waals surface area contributed by atoms with Gasteiger partial charge in [0.05, 0.1) is 6.61 Å². The third-order valence-electron chi connectivity index (χ3n) is 2.44. The smallest absolute Gasteiger partial charge is 0.0589 e. The Morgan fingerprint density at radius 2 is 2.14 bits per heavy atom. The van der Waals surface area contributed by atoms with Crippen LogP contribution in [0, 0.1) is 0 Å². The third kappa shape index (κ3) is 6.13. The first kappa shape index (κ1) is 13.6. The van der Waals surface area contributed by atoms with E-state index in [1.54, 1.807) is 7.11 Å². The van der Waals surface area contributed by atoms with E-state index in [0.717, 1.165) is 19.7 Å². The molecule has 0 fully saturated rings. The maximum absolute atomic E-state index is 5.39. The molecule has 0 aromatic rings. The van der Waals surface area contributed by atoms with Crippen molar-refractivity contribution in [2.75, 3.05) is 33.4 Å². The molecule has 14 heavy (non-hydrogen) atoms. The minimum absolute atomic E-state index is 0.604. The summed E-state index contributed by atoms with van der Waals surface area (Å²) in [5.41, 5.74) is 5.39. The fourth-order valence-electron chi connectivity index (χ4n) is 1.26. The molecule has 0 aromatic carbocycles. The lowest BCUT2D eigenvalue weighted by atomic mass is 10.2. The van der Waals surface area contributed by atoms with E-state index >= 15 is 0 Å². The monoisotopic (exact) mass is 200 g/mol. The van der Waals surface area contributed by atoms with Gasteiger partial charge in [-0.2, -0.15) is 0 Å². The summed E-state index contributed by atoms with van der Waals surface area (Å²) in [6, 6.07) is 0.604. The Balaban J connectivity index is 3.89. The molecule has 0 aromatic heterocycles. The summed E-state index contributed by atoms with van der Waals surface area (Å²) in [6.07, 6.45) is 5.30. The average molecular weight is 200 g/mol. The number of rotatable bonds is 8. The first-order chi connectivity index (χ1) is 6.76. The molecule has 3 nitrogen and oxygen atoms in total. The van der Waals surface area contributed by atoms with Gasteiger partial charge < -0.3 is 10.5 Å². The van der Waals surface area contributed by atoms with E-state index in [9.17, 15) is 0 Å². The van der Waals surface area contributed by atoms with Gasteiger partial charge in [-0.3, -0.25) is 4.90 Å². The van der Waals surface area contributed by atoms with E-state index in [2.05, 4.69) is 24.8 Å². The largest absolute Gasteiger partial charge is 0.383 e. The predicted octanol–water partition coefficient (Wildman–Crippen LogP) is 1.25. The zero-order valence-corrected chi connectivity index (χ0v) is 9.70. The van der Waals surface area contributed by atoms with Crippen LogP contribution in [0.1, 0.15) is 20.3 Å². The van der Waals surface area contributed by atoms with Crippen molar-refractivity contribution in [3.63, 3.8) is 0 Å². The van der Waals surface area contributed by atoms with Crippen LogP contribution in [-0.4, -0.2) is 44.3 Å². The number of methoxy groups -OCH3 is 1. The molecule has 1 unspecified atom stereocenters. The summed E-state index contributed by atoms with van der Waals surface area (Å²) in [6.45, 7) is 7.82. The molecule has 0 amide bonds. The van der Waals surface area contributed by atoms with Crippen LogP contribution in [0.5, 0.6) is 0 Å². The number of hydrogen-bond donors (Lipinski definition) is 1. The van der Waals surface area contributed by atoms with E-state index in [-0.39, 0.29) is 0 Å². The van der Waals surface area contributed by atoms with Crippen molar-refractivity contribution >= 4 is 0 Å². The van der Waals surface area contributed by atoms with Crippen molar-refractivity contribution in [3.05, 3.63) is 12.2 Å². The molecule has 0 aliphatic heterocycles. The van der Waals surface area contributed by atoms with Crippen molar-refractivity contribution in [3.8, 4) is 0 Å². The van der Waals surface area contributed by atoms with Crippen LogP contribution < -0.4 is 5.73 Å². The topological polar surface area (TPSA) is 38.5 Å². The number of nitrogens with zero attached hydrogens (tertiary/aromatic N) is 1. The minimum atomic E-state index is 0.604. The molecule has 2 N–H and O–H groups in total. The van der Waals surface area contributed by atoms with Gasteiger partial charge in [0.25, 0.3) is 0 Å². The zero-order valence-electron chi connectivity index (χ0n) is 9.70. The van der Waals surface area contributed by atoms with Gasteiger partial charge in [-0.05, 0) is 13.3 Å². The molecule has 0 spiro atoms. The number of ether oxygens (including phenoxy) is 1. The maximum atomic E-state index is 5.39. The van der Waals surface area contributed by atoms with E-state index in [1.807, 2.05) is 6.08 Å². The quantitative estimate of drug-likeness (QED) is 0.599. The van der Waals surface area contributed by atoms with Crippen LogP contribution in [0.15, 0.2) is 12.2 Å². The van der Waals surface area contributed by atoms with Crippen molar-refractivity contribution < 1.29 is 4.74 Å². The Kier molecular flexibility index (Phi) is 8.94. The Bertz CT molecular complexity index is 148. The van der Waals surface area contributed by atoms with Gasteiger partial charge in [0.15, 0.2) is 0 Å². The Hall–Kier alpha value is -0.380. The van der Waals surface area contributed by atoms with Crippen molar-refractivity contribution in [2.45, 2.75) is 26.3 Å². The van der Waals surface area contributed by atoms with E-state index in [4.69, 9.17) is 10.5 Å². The lowest BCUT2D eigenvalue weighted by molar-refractivity contribution is 0.132. The van der Waals surface area contributed by atoms with Gasteiger partial charge in [0.1, 0.15) is 0 Å². The van der Waals surface area contributed by atoms with Crippen LogP contribution in [0.25, 0.3) is 0 Å². The second-order valence-corrected chi connectivity index (χ2v) is 3.45. The Morgan fingerprint density at radius 3 is 2.64 bits per heavy atom. The fourth-order valence-corrected chi connectivity index (χ4v) is 1.26. The molecule has 0 saturated carbocycles. The van der Waals surface area contributed by atoms with Crippen molar-refractivity contribution in [2.24, 2.45) is 5.73 Å². The lowest BCUT2D eigenvalue weighted by Gasteiger charge is -2.26. The second kappa shape index (κ2) is 9.19. The van der Waals surface area contributed by atoms with Crippen molar-refractivity contribution in [1.29, 1.82) is 0 Å². The van der Waals surface area contributed by atoms with Crippen LogP contribution in [0.4, 0.5) is 0 Å². The molecule has 0 saturated heterocycles. The summed E-state index contributed by atoms with van der Waals surface area (Å²) in [5, 5.41) is 0. The zero-order chi connectivity index (χ0) is 10.8. The molecular formula is C11H24N2O. The summed E-state index contributed by atoms with van der Waals surface area (Å²) in [5.74, 6) is 0. The Labute approximate surface area is 87.9 Å². The third-order valence-corrected chi connectivity index (χ3v) is 2.44. The lowest BCUT2D eigenvalue weighted by Crippen LogP contribution is -2.35. The normalized spacial score (nSPS) is 14.1. The highest BCUT2D eigenvalue weighted by Crippen LogP contribution is 2.02. The standard InChI is InChI=1S/C11H24N2O/c1-4-11(2)13(9-10-14-3)8-6-5-7-12/h5-6,11H,4,7-10,12H2,1-3H3. The molecule has 0 heterocycles. The van der Waals surface area contributed by atoms with Crippen LogP contribution in [0.2, 0.25) is 0 Å². The number of nitrogens with two attached hydrogens (primary N) is 1. The highest BCUT2D eigenvalue weighted by atomic mass is 16.5. The molecule has 0 radical (unpaired) electrons. The highest BCUT2D eigenvalue weighted by Gasteiger charge is 2.09. The minimum Gasteiger partial charge on any atom is -0.383 e. The first-order valence-electron chi connectivity index (χ1n) is 5.34. The van der Waals surface area contributed by atoms with Gasteiger partial charge in [-0.25, -0.2) is 0 Å². The molecule has 0 rings (SSSR count). The fraction of sp³-hybridized carbons (Fsp3) is 0.818. The molecule has 1 atom stereocenters. The van der Waals surface area contributed by atoms with Gasteiger partial charge in [0, 0.05) is 32.8 Å².